The van der Waals surface area contributed by atoms with Gasteiger partial charge < -0.3 is 39.0 Å². The van der Waals surface area contributed by atoms with Crippen LogP contribution >= 0.6 is 0 Å². The van der Waals surface area contributed by atoms with Crippen molar-refractivity contribution >= 4 is 35.8 Å². The molecule has 1 saturated carbocycles. The summed E-state index contributed by atoms with van der Waals surface area (Å²) in [6, 6.07) is 13.4. The molecular weight excluding hydrogens is 726 g/mol. The van der Waals surface area contributed by atoms with Gasteiger partial charge >= 0.3 is 17.9 Å². The Bertz CT molecular complexity index is 1960. The van der Waals surface area contributed by atoms with Gasteiger partial charge in [0.1, 0.15) is 42.5 Å². The lowest BCUT2D eigenvalue weighted by molar-refractivity contribution is -0.218. The molecular formula is C41H45N3O12. The molecule has 2 aromatic carbocycles. The molecule has 2 aromatic rings. The number of esters is 3. The number of ether oxygens (including phenoxy) is 5. The van der Waals surface area contributed by atoms with Crippen LogP contribution in [0.15, 0.2) is 54.6 Å². The fraction of sp³-hybridized carbons (Fsp3) is 0.537. The molecule has 15 heteroatoms. The van der Waals surface area contributed by atoms with Gasteiger partial charge in [-0.05, 0) is 41.2 Å². The van der Waals surface area contributed by atoms with Gasteiger partial charge in [-0.15, -0.1) is 0 Å². The smallest absolute Gasteiger partial charge is 0.348 e. The third-order valence-corrected chi connectivity index (χ3v) is 12.4. The molecule has 2 aliphatic carbocycles. The summed E-state index contributed by atoms with van der Waals surface area (Å²) in [5, 5.41) is 13.6. The van der Waals surface area contributed by atoms with Crippen molar-refractivity contribution in [3.8, 4) is 0 Å². The Hall–Kier alpha value is -4.67. The van der Waals surface area contributed by atoms with E-state index in [4.69, 9.17) is 28.5 Å². The van der Waals surface area contributed by atoms with E-state index in [1.807, 2.05) is 36.4 Å². The number of hydrogen-bond donors (Lipinski definition) is 2. The van der Waals surface area contributed by atoms with Crippen LogP contribution in [0, 0.1) is 10.8 Å². The Morgan fingerprint density at radius 3 is 2.43 bits per heavy atom. The third-order valence-electron chi connectivity index (χ3n) is 12.4. The van der Waals surface area contributed by atoms with Crippen molar-refractivity contribution < 1.29 is 57.6 Å². The average Bonchev–Trinajstić information content (AvgIpc) is 4.00. The van der Waals surface area contributed by atoms with Gasteiger partial charge in [0, 0.05) is 43.8 Å². The molecule has 2 bridgehead atoms. The molecule has 0 unspecified atom stereocenters. The lowest BCUT2D eigenvalue weighted by Crippen LogP contribution is -2.70. The van der Waals surface area contributed by atoms with Gasteiger partial charge in [0.25, 0.3) is 0 Å². The van der Waals surface area contributed by atoms with E-state index in [9.17, 15) is 24.3 Å². The van der Waals surface area contributed by atoms with E-state index in [2.05, 4.69) is 5.32 Å². The van der Waals surface area contributed by atoms with Crippen LogP contribution in [-0.4, -0.2) is 119 Å². The Balaban J connectivity index is 0.987. The van der Waals surface area contributed by atoms with Crippen LogP contribution in [0.2, 0.25) is 0 Å². The van der Waals surface area contributed by atoms with Crippen LogP contribution in [0.3, 0.4) is 0 Å². The maximum atomic E-state index is 15.2. The number of carbonyl (C=O) groups excluding carboxylic acids is 5. The minimum absolute atomic E-state index is 0.0619. The predicted molar refractivity (Wildman–Crippen MR) is 192 cm³/mol. The van der Waals surface area contributed by atoms with E-state index in [0.29, 0.717) is 37.8 Å². The Morgan fingerprint density at radius 2 is 1.73 bits per heavy atom. The van der Waals surface area contributed by atoms with E-state index >= 15 is 4.79 Å². The lowest BCUT2D eigenvalue weighted by Gasteiger charge is -2.50. The first kappa shape index (κ1) is 36.9. The van der Waals surface area contributed by atoms with E-state index in [1.165, 1.54) is 11.1 Å². The van der Waals surface area contributed by atoms with Gasteiger partial charge in [0.15, 0.2) is 11.8 Å². The highest BCUT2D eigenvalue weighted by molar-refractivity contribution is 5.96. The van der Waals surface area contributed by atoms with E-state index in [1.54, 1.807) is 37.0 Å². The van der Waals surface area contributed by atoms with Crippen molar-refractivity contribution in [3.63, 3.8) is 0 Å². The van der Waals surface area contributed by atoms with Crippen molar-refractivity contribution in [1.82, 2.24) is 15.3 Å². The number of aliphatic hydroxyl groups is 1. The van der Waals surface area contributed by atoms with Gasteiger partial charge in [-0.2, -0.15) is 5.06 Å². The highest BCUT2D eigenvalue weighted by Crippen LogP contribution is 2.59. The molecule has 8 atom stereocenters. The molecule has 5 saturated heterocycles. The summed E-state index contributed by atoms with van der Waals surface area (Å²) >= 11 is 0. The molecule has 2 N–H and O–H groups in total. The summed E-state index contributed by atoms with van der Waals surface area (Å²) in [5.74, 6) is -3.58. The van der Waals surface area contributed by atoms with Gasteiger partial charge in [-0.1, -0.05) is 62.4 Å². The first-order valence-electron chi connectivity index (χ1n) is 19.3. The van der Waals surface area contributed by atoms with Gasteiger partial charge in [0.05, 0.1) is 13.2 Å². The molecule has 296 valence electrons. The third kappa shape index (κ3) is 6.02. The van der Waals surface area contributed by atoms with Crippen molar-refractivity contribution in [2.24, 2.45) is 10.8 Å². The first-order chi connectivity index (χ1) is 26.9. The van der Waals surface area contributed by atoms with Crippen LogP contribution in [-0.2, 0) is 71.9 Å². The maximum Gasteiger partial charge on any atom is 0.348 e. The molecule has 5 heterocycles. The number of benzene rings is 2. The molecule has 0 aromatic heterocycles. The largest absolute Gasteiger partial charge is 0.462 e. The fourth-order valence-corrected chi connectivity index (χ4v) is 9.76. The van der Waals surface area contributed by atoms with Gasteiger partial charge in [-0.25, -0.2) is 9.59 Å². The minimum Gasteiger partial charge on any atom is -0.462 e. The molecule has 0 radical (unpaired) electrons. The molecule has 5 aliphatic heterocycles. The summed E-state index contributed by atoms with van der Waals surface area (Å²) in [5.41, 5.74) is 1.58. The maximum absolute atomic E-state index is 15.2. The van der Waals surface area contributed by atoms with E-state index in [0.717, 1.165) is 16.7 Å². The SMILES string of the molecule is CC1(C)COC(=O)[C@@H]1OC(=O)C=Cc1ccc(CN2O[C@@H]3[C@H]4OC5(Cc6ccccc6C5)O[C@H]4[C@@H]4C[C@]3(C(=O)N3CCC[C@@H]3C(=O)NCCO)[C@@H]2C(=O)O4)cc1. The molecule has 56 heavy (non-hydrogen) atoms. The summed E-state index contributed by atoms with van der Waals surface area (Å²) in [6.07, 6.45) is 0.898. The first-order valence-corrected chi connectivity index (χ1v) is 19.3. The molecule has 7 aliphatic rings. The van der Waals surface area contributed by atoms with Crippen molar-refractivity contribution in [2.45, 2.75) is 101 Å². The average molecular weight is 772 g/mol. The number of nitrogens with zero attached hydrogens (tertiary/aromatic N) is 2. The molecule has 15 nitrogen and oxygen atoms in total. The van der Waals surface area contributed by atoms with Crippen molar-refractivity contribution in [2.75, 3.05) is 26.3 Å². The minimum atomic E-state index is -1.44. The lowest BCUT2D eigenvalue weighted by atomic mass is 9.62. The van der Waals surface area contributed by atoms with E-state index in [-0.39, 0.29) is 44.5 Å². The quantitative estimate of drug-likeness (QED) is 0.212. The number of carbonyl (C=O) groups is 5. The van der Waals surface area contributed by atoms with Crippen LogP contribution in [0.1, 0.15) is 55.4 Å². The molecule has 2 amide bonds. The molecule has 9 rings (SSSR count). The second kappa shape index (κ2) is 13.8. The topological polar surface area (TPSA) is 179 Å². The highest BCUT2D eigenvalue weighted by Gasteiger charge is 2.77. The molecule has 6 fully saturated rings. The summed E-state index contributed by atoms with van der Waals surface area (Å²) in [6.45, 7) is 4.02. The number of cyclic esters (lactones) is 1. The standard InChI is InChI=1S/C41H45N3O12/c1-39(2)22-51-37(49)34(39)53-29(46)14-13-23-9-11-24(12-10-23)21-44-32-36(48)52-28-20-41(32,38(50)43-16-5-8-27(43)35(47)42-15-17-45)33(56-44)31-30(28)54-40(55-31)18-25-6-3-4-7-26(25)19-40/h3-4,6-7,9-14,27-28,30-34,45H,5,8,15-22H2,1-2H3,(H,42,47)/t27-,28+,30+,31+,32+,33-,34+,41+/m1/s1. The summed E-state index contributed by atoms with van der Waals surface area (Å²) in [4.78, 5) is 75.6. The highest BCUT2D eigenvalue weighted by atomic mass is 16.8. The fourth-order valence-electron chi connectivity index (χ4n) is 9.76. The Kier molecular flexibility index (Phi) is 9.08. The van der Waals surface area contributed by atoms with Gasteiger partial charge in [-0.3, -0.25) is 19.2 Å². The van der Waals surface area contributed by atoms with Crippen LogP contribution in [0.4, 0.5) is 0 Å². The number of fused-ring (bicyclic) bond motifs is 5. The number of amides is 2. The normalized spacial score (nSPS) is 33.3. The van der Waals surface area contributed by atoms with Gasteiger partial charge in [0.2, 0.25) is 17.9 Å². The number of likely N-dealkylation sites (tertiary alicyclic amines) is 1. The zero-order chi connectivity index (χ0) is 39.0. The number of hydrogen-bond acceptors (Lipinski definition) is 13. The van der Waals surface area contributed by atoms with Crippen LogP contribution in [0.5, 0.6) is 0 Å². The summed E-state index contributed by atoms with van der Waals surface area (Å²) < 4.78 is 30.2. The summed E-state index contributed by atoms with van der Waals surface area (Å²) in [7, 11) is 0. The van der Waals surface area contributed by atoms with Crippen LogP contribution in [0.25, 0.3) is 6.08 Å². The monoisotopic (exact) mass is 771 g/mol. The number of nitrogens with one attached hydrogen (secondary N) is 1. The second-order valence-corrected chi connectivity index (χ2v) is 16.6. The van der Waals surface area contributed by atoms with Crippen LogP contribution < -0.4 is 5.32 Å². The number of hydroxylamine groups is 2. The Labute approximate surface area is 323 Å². The zero-order valence-electron chi connectivity index (χ0n) is 31.2. The number of rotatable bonds is 9. The van der Waals surface area contributed by atoms with Crippen molar-refractivity contribution in [3.05, 3.63) is 76.9 Å². The Morgan fingerprint density at radius 1 is 1.00 bits per heavy atom. The second-order valence-electron chi connectivity index (χ2n) is 16.6. The zero-order valence-corrected chi connectivity index (χ0v) is 31.2. The van der Waals surface area contributed by atoms with E-state index < -0.39 is 77.1 Å². The predicted octanol–water partition coefficient (Wildman–Crippen LogP) is 1.37. The van der Waals surface area contributed by atoms with Crippen molar-refractivity contribution in [1.29, 1.82) is 0 Å². The molecule has 1 spiro atoms. The number of aliphatic hydroxyl groups excluding tert-OH is 1.